The molecule has 0 aliphatic heterocycles. The summed E-state index contributed by atoms with van der Waals surface area (Å²) < 4.78 is 70.4. The number of hydrogen-bond donors (Lipinski definition) is 1. The van der Waals surface area contributed by atoms with Gasteiger partial charge >= 0.3 is 6.18 Å². The van der Waals surface area contributed by atoms with Crippen LogP contribution >= 0.6 is 11.6 Å². The van der Waals surface area contributed by atoms with E-state index in [1.54, 1.807) is 0 Å². The number of halogens is 4. The van der Waals surface area contributed by atoms with E-state index in [2.05, 4.69) is 4.72 Å². The molecule has 0 saturated heterocycles. The third kappa shape index (κ3) is 3.89. The average Bonchev–Trinajstić information content (AvgIpc) is 2.48. The highest BCUT2D eigenvalue weighted by atomic mass is 35.5. The van der Waals surface area contributed by atoms with Gasteiger partial charge in [0.05, 0.1) is 28.3 Å². The second-order valence-electron chi connectivity index (χ2n) is 4.45. The van der Waals surface area contributed by atoms with Crippen molar-refractivity contribution in [1.82, 2.24) is 0 Å². The van der Waals surface area contributed by atoms with Crippen molar-refractivity contribution in [3.63, 3.8) is 0 Å². The van der Waals surface area contributed by atoms with E-state index in [4.69, 9.17) is 16.3 Å². The van der Waals surface area contributed by atoms with Crippen LogP contribution in [0.2, 0.25) is 5.02 Å². The maximum Gasteiger partial charge on any atom is 0.417 e. The van der Waals surface area contributed by atoms with Crippen LogP contribution in [0.1, 0.15) is 5.56 Å². The van der Waals surface area contributed by atoms with Crippen molar-refractivity contribution in [2.24, 2.45) is 0 Å². The standard InChI is InChI=1S/C14H11ClF3NO3S/c1-22-9-6-7-12(11(15)8-9)19-23(20,21)13-5-3-2-4-10(13)14(16,17)18/h2-8,19H,1H3. The van der Waals surface area contributed by atoms with Crippen LogP contribution in [0, 0.1) is 0 Å². The summed E-state index contributed by atoms with van der Waals surface area (Å²) in [5, 5.41) is -0.00239. The smallest absolute Gasteiger partial charge is 0.417 e. The fourth-order valence-electron chi connectivity index (χ4n) is 1.84. The van der Waals surface area contributed by atoms with E-state index in [1.165, 1.54) is 31.4 Å². The summed E-state index contributed by atoms with van der Waals surface area (Å²) in [7, 11) is -3.07. The third-order valence-corrected chi connectivity index (χ3v) is 4.64. The van der Waals surface area contributed by atoms with Gasteiger partial charge in [-0.2, -0.15) is 13.2 Å². The van der Waals surface area contributed by atoms with E-state index in [1.807, 2.05) is 0 Å². The van der Waals surface area contributed by atoms with Gasteiger partial charge in [-0.3, -0.25) is 4.72 Å². The van der Waals surface area contributed by atoms with Crippen LogP contribution in [-0.2, 0) is 16.2 Å². The SMILES string of the molecule is COc1ccc(NS(=O)(=O)c2ccccc2C(F)(F)F)c(Cl)c1. The maximum atomic E-state index is 13.0. The van der Waals surface area contributed by atoms with Crippen molar-refractivity contribution in [3.05, 3.63) is 53.1 Å². The molecule has 2 aromatic rings. The Balaban J connectivity index is 2.45. The highest BCUT2D eigenvalue weighted by molar-refractivity contribution is 7.92. The van der Waals surface area contributed by atoms with Crippen molar-refractivity contribution in [2.75, 3.05) is 11.8 Å². The molecule has 0 aliphatic carbocycles. The summed E-state index contributed by atoms with van der Waals surface area (Å²) in [6, 6.07) is 7.97. The number of ether oxygens (including phenoxy) is 1. The van der Waals surface area contributed by atoms with E-state index in [9.17, 15) is 21.6 Å². The summed E-state index contributed by atoms with van der Waals surface area (Å²) >= 11 is 5.90. The van der Waals surface area contributed by atoms with Gasteiger partial charge < -0.3 is 4.74 Å². The van der Waals surface area contributed by atoms with Gasteiger partial charge in [0.2, 0.25) is 0 Å². The zero-order valence-corrected chi connectivity index (χ0v) is 13.3. The van der Waals surface area contributed by atoms with Gasteiger partial charge in [-0.05, 0) is 24.3 Å². The van der Waals surface area contributed by atoms with E-state index < -0.39 is 26.7 Å². The molecule has 0 aromatic heterocycles. The predicted molar refractivity (Wildman–Crippen MR) is 80.3 cm³/mol. The third-order valence-electron chi connectivity index (χ3n) is 2.90. The fourth-order valence-corrected chi connectivity index (χ4v) is 3.42. The molecule has 0 atom stereocenters. The fraction of sp³-hybridized carbons (Fsp3) is 0.143. The minimum absolute atomic E-state index is 0.00239. The summed E-state index contributed by atoms with van der Waals surface area (Å²) in [6.45, 7) is 0. The number of hydrogen-bond acceptors (Lipinski definition) is 3. The Morgan fingerprint density at radius 2 is 1.78 bits per heavy atom. The van der Waals surface area contributed by atoms with E-state index >= 15 is 0 Å². The first-order valence-electron chi connectivity index (χ1n) is 6.18. The minimum atomic E-state index is -4.80. The first-order valence-corrected chi connectivity index (χ1v) is 8.04. The zero-order valence-electron chi connectivity index (χ0n) is 11.7. The quantitative estimate of drug-likeness (QED) is 0.884. The van der Waals surface area contributed by atoms with E-state index in [0.29, 0.717) is 11.8 Å². The van der Waals surface area contributed by atoms with Crippen LogP contribution < -0.4 is 9.46 Å². The molecule has 0 unspecified atom stereocenters. The van der Waals surface area contributed by atoms with Gasteiger partial charge in [0.1, 0.15) is 5.75 Å². The molecule has 23 heavy (non-hydrogen) atoms. The van der Waals surface area contributed by atoms with Crippen molar-refractivity contribution in [2.45, 2.75) is 11.1 Å². The Kier molecular flexibility index (Phi) is 4.76. The molecule has 0 heterocycles. The molecule has 0 bridgehead atoms. The molecule has 0 saturated carbocycles. The summed E-state index contributed by atoms with van der Waals surface area (Å²) in [5.41, 5.74) is -1.30. The van der Waals surface area contributed by atoms with E-state index in [-0.39, 0.29) is 10.7 Å². The van der Waals surface area contributed by atoms with Crippen LogP contribution in [-0.4, -0.2) is 15.5 Å². The topological polar surface area (TPSA) is 55.4 Å². The predicted octanol–water partition coefficient (Wildman–Crippen LogP) is 4.17. The van der Waals surface area contributed by atoms with Crippen molar-refractivity contribution >= 4 is 27.3 Å². The molecule has 2 aromatic carbocycles. The molecule has 0 amide bonds. The highest BCUT2D eigenvalue weighted by Crippen LogP contribution is 2.35. The van der Waals surface area contributed by atoms with Crippen LogP contribution in [0.5, 0.6) is 5.75 Å². The van der Waals surface area contributed by atoms with Crippen molar-refractivity contribution < 1.29 is 26.3 Å². The van der Waals surface area contributed by atoms with E-state index in [0.717, 1.165) is 12.1 Å². The lowest BCUT2D eigenvalue weighted by Crippen LogP contribution is -2.19. The molecule has 4 nitrogen and oxygen atoms in total. The number of alkyl halides is 3. The largest absolute Gasteiger partial charge is 0.497 e. The summed E-state index contributed by atoms with van der Waals surface area (Å²) in [5.74, 6) is 0.383. The average molecular weight is 366 g/mol. The van der Waals surface area contributed by atoms with Crippen LogP contribution in [0.4, 0.5) is 18.9 Å². The molecule has 2 rings (SSSR count). The van der Waals surface area contributed by atoms with Gasteiger partial charge in [0.15, 0.2) is 0 Å². The van der Waals surface area contributed by atoms with Gasteiger partial charge in [0, 0.05) is 6.07 Å². The molecule has 0 radical (unpaired) electrons. The number of sulfonamides is 1. The minimum Gasteiger partial charge on any atom is -0.497 e. The molecular weight excluding hydrogens is 355 g/mol. The van der Waals surface area contributed by atoms with Crippen LogP contribution in [0.15, 0.2) is 47.4 Å². The molecule has 9 heteroatoms. The number of rotatable bonds is 4. The molecular formula is C14H11ClF3NO3S. The maximum absolute atomic E-state index is 13.0. The molecule has 0 spiro atoms. The Bertz CT molecular complexity index is 822. The number of benzene rings is 2. The Labute approximate surface area is 135 Å². The van der Waals surface area contributed by atoms with Crippen LogP contribution in [0.25, 0.3) is 0 Å². The first-order chi connectivity index (χ1) is 10.6. The van der Waals surface area contributed by atoms with Gasteiger partial charge in [-0.15, -0.1) is 0 Å². The lowest BCUT2D eigenvalue weighted by molar-refractivity contribution is -0.139. The zero-order chi connectivity index (χ0) is 17.3. The van der Waals surface area contributed by atoms with Gasteiger partial charge in [-0.25, -0.2) is 8.42 Å². The summed E-state index contributed by atoms with van der Waals surface area (Å²) in [4.78, 5) is -0.876. The molecule has 0 aliphatic rings. The normalized spacial score (nSPS) is 12.0. The van der Waals surface area contributed by atoms with Crippen molar-refractivity contribution in [1.29, 1.82) is 0 Å². The Morgan fingerprint density at radius 1 is 1.13 bits per heavy atom. The lowest BCUT2D eigenvalue weighted by atomic mass is 10.2. The molecule has 1 N–H and O–H groups in total. The van der Waals surface area contributed by atoms with Crippen molar-refractivity contribution in [3.8, 4) is 5.75 Å². The lowest BCUT2D eigenvalue weighted by Gasteiger charge is -2.15. The van der Waals surface area contributed by atoms with Gasteiger partial charge in [-0.1, -0.05) is 23.7 Å². The Hall–Kier alpha value is -1.93. The number of methoxy groups -OCH3 is 1. The second-order valence-corrected chi connectivity index (χ2v) is 6.50. The monoisotopic (exact) mass is 365 g/mol. The number of nitrogens with one attached hydrogen (secondary N) is 1. The molecule has 124 valence electrons. The van der Waals surface area contributed by atoms with Crippen LogP contribution in [0.3, 0.4) is 0 Å². The number of anilines is 1. The second kappa shape index (κ2) is 6.29. The highest BCUT2D eigenvalue weighted by Gasteiger charge is 2.37. The summed E-state index contributed by atoms with van der Waals surface area (Å²) in [6.07, 6.45) is -4.80. The molecule has 0 fully saturated rings. The first kappa shape index (κ1) is 17.4. The van der Waals surface area contributed by atoms with Gasteiger partial charge in [0.25, 0.3) is 10.0 Å². The Morgan fingerprint density at radius 3 is 2.35 bits per heavy atom.